The topological polar surface area (TPSA) is 58.3 Å². The fourth-order valence-electron chi connectivity index (χ4n) is 3.63. The van der Waals surface area contributed by atoms with Crippen LogP contribution in [-0.4, -0.2) is 41.3 Å². The summed E-state index contributed by atoms with van der Waals surface area (Å²) >= 11 is 6.03. The Kier molecular flexibility index (Phi) is 4.33. The predicted molar refractivity (Wildman–Crippen MR) is 111 cm³/mol. The van der Waals surface area contributed by atoms with E-state index >= 15 is 0 Å². The lowest BCUT2D eigenvalue weighted by molar-refractivity contribution is 0.451. The summed E-state index contributed by atoms with van der Waals surface area (Å²) in [6.07, 6.45) is 1.54. The zero-order valence-corrected chi connectivity index (χ0v) is 15.9. The minimum atomic E-state index is 0.500. The van der Waals surface area contributed by atoms with Crippen molar-refractivity contribution in [1.29, 1.82) is 0 Å². The van der Waals surface area contributed by atoms with Crippen LogP contribution in [0.15, 0.2) is 65.4 Å². The number of piperazine rings is 1. The molecule has 7 heteroatoms. The normalized spacial score (nSPS) is 14.6. The van der Waals surface area contributed by atoms with Gasteiger partial charge in [0.2, 0.25) is 0 Å². The van der Waals surface area contributed by atoms with E-state index in [0.29, 0.717) is 10.7 Å². The summed E-state index contributed by atoms with van der Waals surface area (Å²) in [5.41, 5.74) is 3.43. The summed E-state index contributed by atoms with van der Waals surface area (Å²) < 4.78 is 5.48. The molecule has 0 unspecified atom stereocenters. The predicted octanol–water partition coefficient (Wildman–Crippen LogP) is 4.26. The van der Waals surface area contributed by atoms with E-state index in [1.54, 1.807) is 0 Å². The largest absolute Gasteiger partial charge is 0.368 e. The highest BCUT2D eigenvalue weighted by atomic mass is 35.5. The Morgan fingerprint density at radius 3 is 2.29 bits per heavy atom. The van der Waals surface area contributed by atoms with Gasteiger partial charge >= 0.3 is 0 Å². The van der Waals surface area contributed by atoms with Gasteiger partial charge in [-0.05, 0) is 24.3 Å². The van der Waals surface area contributed by atoms with Gasteiger partial charge in [-0.3, -0.25) is 0 Å². The van der Waals surface area contributed by atoms with Crippen molar-refractivity contribution >= 4 is 34.2 Å². The molecule has 3 heterocycles. The summed E-state index contributed by atoms with van der Waals surface area (Å²) in [4.78, 5) is 13.5. The first-order chi connectivity index (χ1) is 13.8. The van der Waals surface area contributed by atoms with Crippen LogP contribution >= 0.6 is 11.6 Å². The van der Waals surface area contributed by atoms with Crippen LogP contribution in [-0.2, 0) is 0 Å². The maximum Gasteiger partial charge on any atom is 0.263 e. The average Bonchev–Trinajstić information content (AvgIpc) is 3.19. The molecule has 0 amide bonds. The molecule has 1 saturated heterocycles. The highest BCUT2D eigenvalue weighted by molar-refractivity contribution is 6.30. The van der Waals surface area contributed by atoms with Gasteiger partial charge in [0.25, 0.3) is 5.71 Å². The highest BCUT2D eigenvalue weighted by Gasteiger charge is 2.24. The molecule has 0 atom stereocenters. The zero-order valence-electron chi connectivity index (χ0n) is 15.1. The van der Waals surface area contributed by atoms with Gasteiger partial charge in [0, 0.05) is 42.5 Å². The Morgan fingerprint density at radius 2 is 1.54 bits per heavy atom. The van der Waals surface area contributed by atoms with E-state index in [4.69, 9.17) is 16.1 Å². The van der Waals surface area contributed by atoms with Gasteiger partial charge in [0.15, 0.2) is 0 Å². The molecule has 0 saturated carbocycles. The zero-order chi connectivity index (χ0) is 18.9. The van der Waals surface area contributed by atoms with E-state index in [1.165, 1.54) is 12.0 Å². The number of hydrogen-bond donors (Lipinski definition) is 0. The lowest BCUT2D eigenvalue weighted by Gasteiger charge is -2.36. The van der Waals surface area contributed by atoms with E-state index in [1.807, 2.05) is 30.3 Å². The number of nitrogens with zero attached hydrogens (tertiary/aromatic N) is 5. The third kappa shape index (κ3) is 3.05. The van der Waals surface area contributed by atoms with Crippen LogP contribution in [0.3, 0.4) is 0 Å². The monoisotopic (exact) mass is 391 g/mol. The summed E-state index contributed by atoms with van der Waals surface area (Å²) in [5.74, 6) is 0.865. The van der Waals surface area contributed by atoms with Crippen molar-refractivity contribution in [3.8, 4) is 11.3 Å². The maximum absolute atomic E-state index is 6.03. The number of halogens is 1. The lowest BCUT2D eigenvalue weighted by Crippen LogP contribution is -2.46. The van der Waals surface area contributed by atoms with Gasteiger partial charge in [-0.15, -0.1) is 0 Å². The fraction of sp³-hybridized carbons (Fsp3) is 0.190. The van der Waals surface area contributed by atoms with Crippen molar-refractivity contribution in [3.63, 3.8) is 0 Å². The first kappa shape index (κ1) is 17.0. The standard InChI is InChI=1S/C21H18ClN5O/c22-16-8-6-15(7-9-16)19-18-20(23-14-24-21(18)28-25-19)27-12-10-26(11-13-27)17-4-2-1-3-5-17/h1-9,14H,10-13H2. The minimum Gasteiger partial charge on any atom is -0.368 e. The van der Waals surface area contributed by atoms with E-state index in [2.05, 4.69) is 49.2 Å². The molecular weight excluding hydrogens is 374 g/mol. The van der Waals surface area contributed by atoms with Crippen molar-refractivity contribution < 1.29 is 4.52 Å². The summed E-state index contributed by atoms with van der Waals surface area (Å²) in [6.45, 7) is 3.59. The van der Waals surface area contributed by atoms with Gasteiger partial charge in [0.1, 0.15) is 23.2 Å². The van der Waals surface area contributed by atoms with Crippen molar-refractivity contribution in [3.05, 3.63) is 65.9 Å². The molecule has 0 radical (unpaired) electrons. The van der Waals surface area contributed by atoms with E-state index in [0.717, 1.165) is 48.6 Å². The van der Waals surface area contributed by atoms with Crippen LogP contribution in [0.25, 0.3) is 22.4 Å². The van der Waals surface area contributed by atoms with Crippen LogP contribution in [0.2, 0.25) is 5.02 Å². The van der Waals surface area contributed by atoms with Crippen molar-refractivity contribution in [2.75, 3.05) is 36.0 Å². The molecular formula is C21H18ClN5O. The van der Waals surface area contributed by atoms with Gasteiger partial charge < -0.3 is 14.3 Å². The first-order valence-electron chi connectivity index (χ1n) is 9.21. The van der Waals surface area contributed by atoms with Crippen molar-refractivity contribution in [2.24, 2.45) is 0 Å². The molecule has 28 heavy (non-hydrogen) atoms. The number of rotatable bonds is 3. The number of para-hydroxylation sites is 1. The van der Waals surface area contributed by atoms with Crippen LogP contribution in [0.4, 0.5) is 11.5 Å². The van der Waals surface area contributed by atoms with Gasteiger partial charge in [-0.1, -0.05) is 47.1 Å². The Balaban J connectivity index is 1.47. The Morgan fingerprint density at radius 1 is 0.821 bits per heavy atom. The van der Waals surface area contributed by atoms with Crippen LogP contribution in [0, 0.1) is 0 Å². The molecule has 2 aromatic carbocycles. The summed E-state index contributed by atoms with van der Waals surface area (Å²) in [6, 6.07) is 18.1. The SMILES string of the molecule is Clc1ccc(-c2noc3ncnc(N4CCN(c5ccccc5)CC4)c23)cc1. The van der Waals surface area contributed by atoms with Crippen molar-refractivity contribution in [1.82, 2.24) is 15.1 Å². The number of anilines is 2. The average molecular weight is 392 g/mol. The molecule has 4 aromatic rings. The third-order valence-electron chi connectivity index (χ3n) is 5.07. The van der Waals surface area contributed by atoms with E-state index in [9.17, 15) is 0 Å². The van der Waals surface area contributed by atoms with Gasteiger partial charge in [0.05, 0.1) is 0 Å². The van der Waals surface area contributed by atoms with Crippen LogP contribution < -0.4 is 9.80 Å². The molecule has 0 aliphatic carbocycles. The molecule has 0 spiro atoms. The molecule has 1 aliphatic heterocycles. The number of fused-ring (bicyclic) bond motifs is 1. The third-order valence-corrected chi connectivity index (χ3v) is 5.32. The molecule has 6 nitrogen and oxygen atoms in total. The summed E-state index contributed by atoms with van der Waals surface area (Å²) in [7, 11) is 0. The second-order valence-electron chi connectivity index (χ2n) is 6.73. The molecule has 5 rings (SSSR count). The Bertz CT molecular complexity index is 1090. The quantitative estimate of drug-likeness (QED) is 0.520. The molecule has 0 bridgehead atoms. The number of hydrogen-bond acceptors (Lipinski definition) is 6. The van der Waals surface area contributed by atoms with Crippen LogP contribution in [0.1, 0.15) is 0 Å². The maximum atomic E-state index is 6.03. The molecule has 0 N–H and O–H groups in total. The summed E-state index contributed by atoms with van der Waals surface area (Å²) in [5, 5.41) is 5.79. The van der Waals surface area contributed by atoms with Gasteiger partial charge in [-0.2, -0.15) is 4.98 Å². The Labute approximate surface area is 167 Å². The second-order valence-corrected chi connectivity index (χ2v) is 7.16. The Hall–Kier alpha value is -3.12. The molecule has 140 valence electrons. The molecule has 1 fully saturated rings. The van der Waals surface area contributed by atoms with E-state index in [-0.39, 0.29) is 0 Å². The van der Waals surface area contributed by atoms with Crippen LogP contribution in [0.5, 0.6) is 0 Å². The van der Waals surface area contributed by atoms with E-state index < -0.39 is 0 Å². The molecule has 2 aromatic heterocycles. The first-order valence-corrected chi connectivity index (χ1v) is 9.59. The fourth-order valence-corrected chi connectivity index (χ4v) is 3.76. The van der Waals surface area contributed by atoms with Gasteiger partial charge in [-0.25, -0.2) is 4.98 Å². The molecule has 1 aliphatic rings. The second kappa shape index (κ2) is 7.13. The minimum absolute atomic E-state index is 0.500. The highest BCUT2D eigenvalue weighted by Crippen LogP contribution is 2.34. The van der Waals surface area contributed by atoms with Crippen molar-refractivity contribution in [2.45, 2.75) is 0 Å². The number of aromatic nitrogens is 3. The smallest absolute Gasteiger partial charge is 0.263 e. The lowest BCUT2D eigenvalue weighted by atomic mass is 10.1. The number of benzene rings is 2.